The molecule has 0 heterocycles. The Balaban J connectivity index is 2.20. The number of hydrogen-bond donors (Lipinski definition) is 1. The van der Waals surface area contributed by atoms with E-state index in [0.29, 0.717) is 11.3 Å². The van der Waals surface area contributed by atoms with Crippen molar-refractivity contribution in [2.45, 2.75) is 26.7 Å². The van der Waals surface area contributed by atoms with Crippen molar-refractivity contribution in [3.8, 4) is 0 Å². The molecule has 0 spiro atoms. The van der Waals surface area contributed by atoms with Crippen LogP contribution in [0.25, 0.3) is 0 Å². The highest BCUT2D eigenvalue weighted by Gasteiger charge is 2.20. The number of nitrogens with zero attached hydrogens (tertiary/aromatic N) is 1. The molecule has 2 rings (SSSR count). The molecule has 2 amide bonds. The van der Waals surface area contributed by atoms with Crippen molar-refractivity contribution in [2.24, 2.45) is 0 Å². The predicted molar refractivity (Wildman–Crippen MR) is 105 cm³/mol. The van der Waals surface area contributed by atoms with Crippen LogP contribution in [0, 0.1) is 0 Å². The number of methoxy groups -OCH3 is 1. The zero-order valence-electron chi connectivity index (χ0n) is 16.0. The normalized spacial score (nSPS) is 10.4. The average Bonchev–Trinajstić information content (AvgIpc) is 2.65. The lowest BCUT2D eigenvalue weighted by Gasteiger charge is -2.25. The summed E-state index contributed by atoms with van der Waals surface area (Å²) in [4.78, 5) is 37.8. The van der Waals surface area contributed by atoms with Crippen LogP contribution < -0.4 is 10.2 Å². The van der Waals surface area contributed by atoms with Gasteiger partial charge in [-0.25, -0.2) is 4.79 Å². The van der Waals surface area contributed by atoms with Crippen molar-refractivity contribution >= 4 is 29.2 Å². The monoisotopic (exact) mass is 368 g/mol. The third-order valence-electron chi connectivity index (χ3n) is 4.10. The van der Waals surface area contributed by atoms with E-state index in [2.05, 4.69) is 10.1 Å². The van der Waals surface area contributed by atoms with Gasteiger partial charge in [-0.05, 0) is 35.7 Å². The van der Waals surface area contributed by atoms with Gasteiger partial charge in [0.2, 0.25) is 11.8 Å². The van der Waals surface area contributed by atoms with Crippen molar-refractivity contribution in [2.75, 3.05) is 23.9 Å². The maximum atomic E-state index is 12.5. The zero-order chi connectivity index (χ0) is 20.0. The number of carbonyl (C=O) groups is 3. The third kappa shape index (κ3) is 5.17. The van der Waals surface area contributed by atoms with Crippen LogP contribution in [0.15, 0.2) is 48.5 Å². The molecule has 0 saturated carbocycles. The molecule has 0 fully saturated rings. The maximum absolute atomic E-state index is 12.5. The first kappa shape index (κ1) is 20.2. The Bertz CT molecular complexity index is 846. The van der Waals surface area contributed by atoms with Gasteiger partial charge in [-0.3, -0.25) is 9.59 Å². The van der Waals surface area contributed by atoms with Crippen LogP contribution in [0.4, 0.5) is 11.4 Å². The number of rotatable bonds is 6. The van der Waals surface area contributed by atoms with Gasteiger partial charge < -0.3 is 15.0 Å². The minimum Gasteiger partial charge on any atom is -0.465 e. The van der Waals surface area contributed by atoms with Gasteiger partial charge in [0.25, 0.3) is 0 Å². The molecule has 27 heavy (non-hydrogen) atoms. The minimum absolute atomic E-state index is 0.123. The van der Waals surface area contributed by atoms with Crippen LogP contribution in [-0.2, 0) is 14.3 Å². The molecule has 0 atom stereocenters. The van der Waals surface area contributed by atoms with Crippen molar-refractivity contribution in [1.29, 1.82) is 0 Å². The number of hydrogen-bond acceptors (Lipinski definition) is 4. The zero-order valence-corrected chi connectivity index (χ0v) is 16.0. The van der Waals surface area contributed by atoms with Gasteiger partial charge in [0, 0.05) is 18.3 Å². The van der Waals surface area contributed by atoms with Gasteiger partial charge in [0.15, 0.2) is 0 Å². The number of esters is 1. The number of carbonyl (C=O) groups excluding carboxylic acids is 3. The number of amides is 2. The highest BCUT2D eigenvalue weighted by Crippen LogP contribution is 2.27. The van der Waals surface area contributed by atoms with Crippen molar-refractivity contribution in [3.05, 3.63) is 59.7 Å². The summed E-state index contributed by atoms with van der Waals surface area (Å²) >= 11 is 0. The molecular formula is C21H24N2O4. The minimum atomic E-state index is -0.484. The second-order valence-electron chi connectivity index (χ2n) is 6.44. The second kappa shape index (κ2) is 8.98. The molecule has 142 valence electrons. The summed E-state index contributed by atoms with van der Waals surface area (Å²) in [6.45, 7) is 5.38. The lowest BCUT2D eigenvalue weighted by Crippen LogP contribution is -2.37. The Labute approximate surface area is 159 Å². The first-order valence-electron chi connectivity index (χ1n) is 8.68. The van der Waals surface area contributed by atoms with Gasteiger partial charge in [-0.2, -0.15) is 0 Å². The van der Waals surface area contributed by atoms with E-state index in [1.807, 2.05) is 38.1 Å². The lowest BCUT2D eigenvalue weighted by atomic mass is 10.0. The molecule has 6 nitrogen and oxygen atoms in total. The van der Waals surface area contributed by atoms with Crippen LogP contribution in [0.5, 0.6) is 0 Å². The van der Waals surface area contributed by atoms with E-state index in [4.69, 9.17) is 0 Å². The molecule has 6 heteroatoms. The second-order valence-corrected chi connectivity index (χ2v) is 6.44. The van der Waals surface area contributed by atoms with Crippen LogP contribution in [0.2, 0.25) is 0 Å². The van der Waals surface area contributed by atoms with E-state index in [1.54, 1.807) is 18.2 Å². The highest BCUT2D eigenvalue weighted by molar-refractivity contribution is 6.02. The lowest BCUT2D eigenvalue weighted by molar-refractivity contribution is -0.120. The molecule has 0 bridgehead atoms. The fraction of sp³-hybridized carbons (Fsp3) is 0.286. The summed E-state index contributed by atoms with van der Waals surface area (Å²) < 4.78 is 4.68. The number of ether oxygens (including phenoxy) is 1. The van der Waals surface area contributed by atoms with Crippen molar-refractivity contribution in [1.82, 2.24) is 0 Å². The first-order chi connectivity index (χ1) is 12.8. The Hall–Kier alpha value is -3.15. The van der Waals surface area contributed by atoms with Crippen molar-refractivity contribution < 1.29 is 19.1 Å². The van der Waals surface area contributed by atoms with Gasteiger partial charge in [0.05, 0.1) is 12.7 Å². The van der Waals surface area contributed by atoms with Gasteiger partial charge in [0.1, 0.15) is 6.54 Å². The predicted octanol–water partition coefficient (Wildman–Crippen LogP) is 3.59. The molecule has 0 aliphatic rings. The van der Waals surface area contributed by atoms with Gasteiger partial charge in [-0.15, -0.1) is 0 Å². The molecule has 2 aromatic rings. The molecule has 2 aromatic carbocycles. The number of para-hydroxylation sites is 1. The first-order valence-corrected chi connectivity index (χ1v) is 8.68. The number of benzene rings is 2. The Morgan fingerprint density at radius 1 is 1.07 bits per heavy atom. The van der Waals surface area contributed by atoms with Crippen LogP contribution in [0.3, 0.4) is 0 Å². The van der Waals surface area contributed by atoms with Crippen molar-refractivity contribution in [3.63, 3.8) is 0 Å². The quantitative estimate of drug-likeness (QED) is 0.791. The Morgan fingerprint density at radius 2 is 1.78 bits per heavy atom. The summed E-state index contributed by atoms with van der Waals surface area (Å²) in [5, 5.41) is 2.72. The summed E-state index contributed by atoms with van der Waals surface area (Å²) in [5.41, 5.74) is 2.51. The molecule has 0 aromatic heterocycles. The summed E-state index contributed by atoms with van der Waals surface area (Å²) in [6.07, 6.45) is 0. The number of anilines is 2. The molecule has 0 aliphatic carbocycles. The molecular weight excluding hydrogens is 344 g/mol. The van der Waals surface area contributed by atoms with E-state index < -0.39 is 5.97 Å². The third-order valence-corrected chi connectivity index (χ3v) is 4.10. The Morgan fingerprint density at radius 3 is 2.41 bits per heavy atom. The fourth-order valence-electron chi connectivity index (χ4n) is 2.77. The topological polar surface area (TPSA) is 75.7 Å². The van der Waals surface area contributed by atoms with Gasteiger partial charge in [-0.1, -0.05) is 38.1 Å². The maximum Gasteiger partial charge on any atom is 0.337 e. The van der Waals surface area contributed by atoms with E-state index in [9.17, 15) is 14.4 Å². The number of nitrogens with one attached hydrogen (secondary N) is 1. The van der Waals surface area contributed by atoms with Crippen LogP contribution >= 0.6 is 0 Å². The summed E-state index contributed by atoms with van der Waals surface area (Å²) in [5.74, 6) is -0.850. The molecule has 0 aliphatic heterocycles. The van der Waals surface area contributed by atoms with E-state index >= 15 is 0 Å². The standard InChI is InChI=1S/C21H24N2O4/c1-14(2)18-10-5-6-11-19(18)23(15(3)24)13-20(25)22-17-9-7-8-16(12-17)21(26)27-4/h5-12,14H,13H2,1-4H3,(H,22,25). The van der Waals surface area contributed by atoms with Crippen LogP contribution in [-0.4, -0.2) is 31.4 Å². The molecule has 0 unspecified atom stereocenters. The average molecular weight is 368 g/mol. The van der Waals surface area contributed by atoms with E-state index in [1.165, 1.54) is 25.0 Å². The smallest absolute Gasteiger partial charge is 0.337 e. The van der Waals surface area contributed by atoms with Gasteiger partial charge >= 0.3 is 5.97 Å². The van der Waals surface area contributed by atoms with Crippen LogP contribution in [0.1, 0.15) is 42.6 Å². The molecule has 0 radical (unpaired) electrons. The fourth-order valence-corrected chi connectivity index (χ4v) is 2.77. The Kier molecular flexibility index (Phi) is 6.71. The SMILES string of the molecule is COC(=O)c1cccc(NC(=O)CN(C(C)=O)c2ccccc2C(C)C)c1. The molecule has 0 saturated heterocycles. The molecule has 1 N–H and O–H groups in total. The van der Waals surface area contributed by atoms with E-state index in [-0.39, 0.29) is 24.3 Å². The largest absolute Gasteiger partial charge is 0.465 e. The highest BCUT2D eigenvalue weighted by atomic mass is 16.5. The van der Waals surface area contributed by atoms with E-state index in [0.717, 1.165) is 11.3 Å². The summed E-state index contributed by atoms with van der Waals surface area (Å²) in [6, 6.07) is 14.0. The summed E-state index contributed by atoms with van der Waals surface area (Å²) in [7, 11) is 1.30.